The van der Waals surface area contributed by atoms with Crippen molar-refractivity contribution >= 4 is 23.2 Å². The number of nitrogens with one attached hydrogen (secondary N) is 1. The predicted octanol–water partition coefficient (Wildman–Crippen LogP) is 1.55. The van der Waals surface area contributed by atoms with Gasteiger partial charge < -0.3 is 15.4 Å². The Morgan fingerprint density at radius 3 is 2.59 bits per heavy atom. The number of benzene rings is 1. The second-order valence-electron chi connectivity index (χ2n) is 6.51. The summed E-state index contributed by atoms with van der Waals surface area (Å²) < 4.78 is 6.75. The van der Waals surface area contributed by atoms with Gasteiger partial charge in [0.1, 0.15) is 11.6 Å². The Balaban J connectivity index is 2.27. The molecule has 0 saturated heterocycles. The summed E-state index contributed by atoms with van der Waals surface area (Å²) in [5.74, 6) is -0.317. The second kappa shape index (κ2) is 9.72. The minimum absolute atomic E-state index is 0.0547. The number of carbonyl (C=O) groups excluding carboxylic acids is 2. The molecule has 0 radical (unpaired) electrons. The maximum absolute atomic E-state index is 12.7. The van der Waals surface area contributed by atoms with Crippen LogP contribution in [-0.2, 0) is 11.3 Å². The Morgan fingerprint density at radius 2 is 1.97 bits per heavy atom. The Morgan fingerprint density at radius 1 is 1.24 bits per heavy atom. The summed E-state index contributed by atoms with van der Waals surface area (Å²) in [5, 5.41) is 0. The summed E-state index contributed by atoms with van der Waals surface area (Å²) in [6.45, 7) is 5.23. The van der Waals surface area contributed by atoms with Gasteiger partial charge in [-0.15, -0.1) is 0 Å². The Kier molecular flexibility index (Phi) is 7.35. The molecule has 0 spiro atoms. The van der Waals surface area contributed by atoms with Crippen molar-refractivity contribution in [1.29, 1.82) is 0 Å². The number of aromatic nitrogens is 2. The largest absolute Gasteiger partial charge is 0.484 e. The van der Waals surface area contributed by atoms with E-state index in [1.807, 2.05) is 6.92 Å². The molecule has 0 fully saturated rings. The SMILES string of the molecule is CCCCn1c(N)c(N(CC)C(=O)COc2cccc(C(C)=O)c2)c(=O)[nH]c1=O. The van der Waals surface area contributed by atoms with E-state index in [9.17, 15) is 19.2 Å². The molecule has 1 aromatic heterocycles. The highest BCUT2D eigenvalue weighted by atomic mass is 16.5. The third kappa shape index (κ3) is 5.13. The van der Waals surface area contributed by atoms with Crippen LogP contribution in [0.5, 0.6) is 5.75 Å². The topological polar surface area (TPSA) is 127 Å². The molecule has 1 amide bonds. The van der Waals surface area contributed by atoms with Crippen molar-refractivity contribution in [1.82, 2.24) is 9.55 Å². The van der Waals surface area contributed by atoms with Crippen LogP contribution >= 0.6 is 0 Å². The minimum atomic E-state index is -0.728. The lowest BCUT2D eigenvalue weighted by molar-refractivity contribution is -0.120. The van der Waals surface area contributed by atoms with Gasteiger partial charge in [-0.25, -0.2) is 4.79 Å². The molecule has 2 aromatic rings. The van der Waals surface area contributed by atoms with Gasteiger partial charge in [-0.2, -0.15) is 0 Å². The average Bonchev–Trinajstić information content (AvgIpc) is 2.69. The van der Waals surface area contributed by atoms with E-state index in [1.54, 1.807) is 25.1 Å². The number of ether oxygens (including phenoxy) is 1. The monoisotopic (exact) mass is 402 g/mol. The first-order chi connectivity index (χ1) is 13.8. The zero-order valence-electron chi connectivity index (χ0n) is 16.9. The molecule has 29 heavy (non-hydrogen) atoms. The van der Waals surface area contributed by atoms with Crippen LogP contribution in [0.15, 0.2) is 33.9 Å². The highest BCUT2D eigenvalue weighted by Gasteiger charge is 2.23. The second-order valence-corrected chi connectivity index (χ2v) is 6.51. The van der Waals surface area contributed by atoms with Gasteiger partial charge in [-0.1, -0.05) is 25.5 Å². The van der Waals surface area contributed by atoms with Crippen LogP contribution in [0, 0.1) is 0 Å². The van der Waals surface area contributed by atoms with E-state index in [4.69, 9.17) is 10.5 Å². The number of rotatable bonds is 9. The molecule has 0 aliphatic heterocycles. The van der Waals surface area contributed by atoms with Crippen molar-refractivity contribution in [2.45, 2.75) is 40.2 Å². The Bertz CT molecular complexity index is 1010. The van der Waals surface area contributed by atoms with Gasteiger partial charge in [0, 0.05) is 18.7 Å². The number of hydrogen-bond acceptors (Lipinski definition) is 6. The van der Waals surface area contributed by atoms with Crippen LogP contribution < -0.4 is 26.6 Å². The third-order valence-corrected chi connectivity index (χ3v) is 4.44. The average molecular weight is 402 g/mol. The van der Waals surface area contributed by atoms with Crippen molar-refractivity contribution < 1.29 is 14.3 Å². The van der Waals surface area contributed by atoms with E-state index >= 15 is 0 Å². The Labute approximate surface area is 168 Å². The van der Waals surface area contributed by atoms with Crippen molar-refractivity contribution in [2.75, 3.05) is 23.8 Å². The molecule has 1 heterocycles. The normalized spacial score (nSPS) is 10.6. The summed E-state index contributed by atoms with van der Waals surface area (Å²) in [6, 6.07) is 6.47. The summed E-state index contributed by atoms with van der Waals surface area (Å²) >= 11 is 0. The number of amides is 1. The highest BCUT2D eigenvalue weighted by Crippen LogP contribution is 2.18. The van der Waals surface area contributed by atoms with Crippen LogP contribution in [0.25, 0.3) is 0 Å². The quantitative estimate of drug-likeness (QED) is 0.613. The molecule has 0 aliphatic carbocycles. The molecule has 1 aromatic carbocycles. The first kappa shape index (κ1) is 21.9. The number of aromatic amines is 1. The van der Waals surface area contributed by atoms with Crippen molar-refractivity contribution in [2.24, 2.45) is 0 Å². The molecule has 0 aliphatic rings. The number of anilines is 2. The summed E-state index contributed by atoms with van der Waals surface area (Å²) in [5.41, 5.74) is 5.13. The predicted molar refractivity (Wildman–Crippen MR) is 111 cm³/mol. The number of H-pyrrole nitrogens is 1. The highest BCUT2D eigenvalue weighted by molar-refractivity contribution is 5.96. The number of likely N-dealkylation sites (N-methyl/N-ethyl adjacent to an activating group) is 1. The lowest BCUT2D eigenvalue weighted by Crippen LogP contribution is -2.42. The maximum Gasteiger partial charge on any atom is 0.330 e. The number of carbonyl (C=O) groups is 2. The van der Waals surface area contributed by atoms with Gasteiger partial charge >= 0.3 is 5.69 Å². The molecular formula is C20H26N4O5. The zero-order chi connectivity index (χ0) is 21.6. The van der Waals surface area contributed by atoms with E-state index < -0.39 is 17.2 Å². The molecule has 156 valence electrons. The first-order valence-corrected chi connectivity index (χ1v) is 9.46. The van der Waals surface area contributed by atoms with Gasteiger partial charge in [0.15, 0.2) is 18.1 Å². The number of nitrogens with two attached hydrogens (primary N) is 1. The number of hydrogen-bond donors (Lipinski definition) is 2. The van der Waals surface area contributed by atoms with Crippen LogP contribution in [-0.4, -0.2) is 34.4 Å². The van der Waals surface area contributed by atoms with E-state index in [-0.39, 0.29) is 30.4 Å². The van der Waals surface area contributed by atoms with Gasteiger partial charge in [0.25, 0.3) is 11.5 Å². The number of Topliss-reactive ketones (excluding diaryl/α,β-unsaturated/α-hetero) is 1. The zero-order valence-corrected chi connectivity index (χ0v) is 16.9. The van der Waals surface area contributed by atoms with Crippen molar-refractivity contribution in [3.05, 3.63) is 50.7 Å². The summed E-state index contributed by atoms with van der Waals surface area (Å²) in [4.78, 5) is 52.0. The molecule has 0 atom stereocenters. The molecule has 2 rings (SSSR count). The number of nitrogen functional groups attached to an aromatic ring is 1. The maximum atomic E-state index is 12.7. The number of ketones is 1. The smallest absolute Gasteiger partial charge is 0.330 e. The molecule has 9 nitrogen and oxygen atoms in total. The van der Waals surface area contributed by atoms with E-state index in [1.165, 1.54) is 22.5 Å². The van der Waals surface area contributed by atoms with Crippen molar-refractivity contribution in [3.8, 4) is 5.75 Å². The van der Waals surface area contributed by atoms with Crippen LogP contribution in [0.4, 0.5) is 11.5 Å². The third-order valence-electron chi connectivity index (χ3n) is 4.44. The fourth-order valence-corrected chi connectivity index (χ4v) is 2.86. The molecule has 0 bridgehead atoms. The first-order valence-electron chi connectivity index (χ1n) is 9.46. The molecule has 9 heteroatoms. The number of unbranched alkanes of at least 4 members (excludes halogenated alkanes) is 1. The fourth-order valence-electron chi connectivity index (χ4n) is 2.86. The summed E-state index contributed by atoms with van der Waals surface area (Å²) in [7, 11) is 0. The minimum Gasteiger partial charge on any atom is -0.484 e. The summed E-state index contributed by atoms with van der Waals surface area (Å²) in [6.07, 6.45) is 1.54. The van der Waals surface area contributed by atoms with E-state index in [0.29, 0.717) is 24.3 Å². The molecular weight excluding hydrogens is 376 g/mol. The Hall–Kier alpha value is -3.36. The van der Waals surface area contributed by atoms with Gasteiger partial charge in [-0.3, -0.25) is 23.9 Å². The molecule has 0 saturated carbocycles. The number of nitrogens with zero attached hydrogens (tertiary/aromatic N) is 2. The lowest BCUT2D eigenvalue weighted by atomic mass is 10.1. The molecule has 3 N–H and O–H groups in total. The lowest BCUT2D eigenvalue weighted by Gasteiger charge is -2.23. The standard InChI is InChI=1S/C20H26N4O5/c1-4-6-10-24-18(21)17(19(27)22-20(24)28)23(5-2)16(26)12-29-15-9-7-8-14(11-15)13(3)25/h7-9,11H,4-6,10,12,21H2,1-3H3,(H,22,27,28). The van der Waals surface area contributed by atoms with Gasteiger partial charge in [0.05, 0.1) is 0 Å². The van der Waals surface area contributed by atoms with E-state index in [2.05, 4.69) is 4.98 Å². The van der Waals surface area contributed by atoms with Gasteiger partial charge in [0.2, 0.25) is 0 Å². The van der Waals surface area contributed by atoms with Crippen LogP contribution in [0.1, 0.15) is 44.0 Å². The van der Waals surface area contributed by atoms with Crippen LogP contribution in [0.2, 0.25) is 0 Å². The van der Waals surface area contributed by atoms with Crippen molar-refractivity contribution in [3.63, 3.8) is 0 Å². The van der Waals surface area contributed by atoms with Gasteiger partial charge in [-0.05, 0) is 32.4 Å². The fraction of sp³-hybridized carbons (Fsp3) is 0.400. The van der Waals surface area contributed by atoms with Crippen LogP contribution in [0.3, 0.4) is 0 Å². The van der Waals surface area contributed by atoms with E-state index in [0.717, 1.165) is 6.42 Å². The molecule has 0 unspecified atom stereocenters.